The molecule has 4 nitrogen and oxygen atoms in total. The third-order valence-electron chi connectivity index (χ3n) is 3.69. The summed E-state index contributed by atoms with van der Waals surface area (Å²) in [4.78, 5) is 16.0. The third kappa shape index (κ3) is 3.74. The van der Waals surface area contributed by atoms with Crippen LogP contribution in [0.3, 0.4) is 0 Å². The van der Waals surface area contributed by atoms with Gasteiger partial charge in [-0.2, -0.15) is 0 Å². The molecule has 0 fully saturated rings. The number of carbonyl (C=O) groups is 1. The van der Waals surface area contributed by atoms with Crippen LogP contribution in [-0.4, -0.2) is 17.4 Å². The van der Waals surface area contributed by atoms with Gasteiger partial charge in [-0.3, -0.25) is 4.79 Å². The molecule has 3 aromatic heterocycles. The van der Waals surface area contributed by atoms with Gasteiger partial charge in [-0.15, -0.1) is 11.3 Å². The smallest absolute Gasteiger partial charge is 0.257 e. The molecule has 3 rings (SSSR count). The second kappa shape index (κ2) is 6.87. The van der Waals surface area contributed by atoms with E-state index >= 15 is 0 Å². The van der Waals surface area contributed by atoms with Crippen LogP contribution in [0.1, 0.15) is 32.5 Å². The number of thiophene rings is 1. The van der Waals surface area contributed by atoms with Crippen molar-refractivity contribution in [3.8, 4) is 0 Å². The summed E-state index contributed by atoms with van der Waals surface area (Å²) in [6.07, 6.45) is 2.46. The zero-order valence-corrected chi connectivity index (χ0v) is 14.1. The Kier molecular flexibility index (Phi) is 4.67. The average molecular weight is 329 g/mol. The summed E-state index contributed by atoms with van der Waals surface area (Å²) in [7, 11) is 0. The van der Waals surface area contributed by atoms with Crippen LogP contribution in [0.15, 0.2) is 50.8 Å². The van der Waals surface area contributed by atoms with Crippen LogP contribution >= 0.6 is 11.3 Å². The monoisotopic (exact) mass is 329 g/mol. The SMILES string of the molecule is Cc1cc(C(=O)N(CCc2cccs2)Cc2ccco2)c(C)o1. The molecule has 3 aromatic rings. The molecule has 0 spiro atoms. The second-order valence-electron chi connectivity index (χ2n) is 5.46. The molecular weight excluding hydrogens is 310 g/mol. The van der Waals surface area contributed by atoms with E-state index in [0.717, 1.165) is 17.9 Å². The van der Waals surface area contributed by atoms with Gasteiger partial charge in [0, 0.05) is 11.4 Å². The van der Waals surface area contributed by atoms with Crippen molar-refractivity contribution < 1.29 is 13.6 Å². The van der Waals surface area contributed by atoms with E-state index < -0.39 is 0 Å². The van der Waals surface area contributed by atoms with E-state index in [0.29, 0.717) is 24.4 Å². The van der Waals surface area contributed by atoms with E-state index in [1.165, 1.54) is 4.88 Å². The van der Waals surface area contributed by atoms with Crippen LogP contribution in [0.25, 0.3) is 0 Å². The van der Waals surface area contributed by atoms with E-state index in [4.69, 9.17) is 8.83 Å². The summed E-state index contributed by atoms with van der Waals surface area (Å²) in [5, 5.41) is 2.05. The lowest BCUT2D eigenvalue weighted by molar-refractivity contribution is 0.0732. The molecular formula is C18H19NO3S. The molecule has 0 aliphatic rings. The zero-order valence-electron chi connectivity index (χ0n) is 13.2. The van der Waals surface area contributed by atoms with Gasteiger partial charge >= 0.3 is 0 Å². The first-order valence-corrected chi connectivity index (χ1v) is 8.42. The third-order valence-corrected chi connectivity index (χ3v) is 4.63. The molecule has 0 saturated heterocycles. The van der Waals surface area contributed by atoms with Crippen molar-refractivity contribution in [2.45, 2.75) is 26.8 Å². The first-order valence-electron chi connectivity index (χ1n) is 7.54. The Morgan fingerprint density at radius 1 is 1.26 bits per heavy atom. The fraction of sp³-hybridized carbons (Fsp3) is 0.278. The van der Waals surface area contributed by atoms with Gasteiger partial charge in [0.05, 0.1) is 18.4 Å². The van der Waals surface area contributed by atoms with Crippen molar-refractivity contribution in [3.05, 3.63) is 69.7 Å². The highest BCUT2D eigenvalue weighted by molar-refractivity contribution is 7.09. The Bertz CT molecular complexity index is 756. The van der Waals surface area contributed by atoms with Crippen molar-refractivity contribution in [2.24, 2.45) is 0 Å². The first-order chi connectivity index (χ1) is 11.1. The fourth-order valence-corrected chi connectivity index (χ4v) is 3.25. The molecule has 0 atom stereocenters. The van der Waals surface area contributed by atoms with E-state index in [1.807, 2.05) is 36.9 Å². The maximum Gasteiger partial charge on any atom is 0.257 e. The van der Waals surface area contributed by atoms with Gasteiger partial charge in [-0.05, 0) is 49.9 Å². The fourth-order valence-electron chi connectivity index (χ4n) is 2.56. The largest absolute Gasteiger partial charge is 0.467 e. The van der Waals surface area contributed by atoms with Gasteiger partial charge < -0.3 is 13.7 Å². The molecule has 0 bridgehead atoms. The molecule has 3 heterocycles. The molecule has 5 heteroatoms. The average Bonchev–Trinajstić information content (AvgIpc) is 3.25. The van der Waals surface area contributed by atoms with Gasteiger partial charge in [0.25, 0.3) is 5.91 Å². The van der Waals surface area contributed by atoms with Crippen molar-refractivity contribution in [2.75, 3.05) is 6.54 Å². The molecule has 1 amide bonds. The van der Waals surface area contributed by atoms with Gasteiger partial charge in [0.2, 0.25) is 0 Å². The summed E-state index contributed by atoms with van der Waals surface area (Å²) < 4.78 is 10.9. The van der Waals surface area contributed by atoms with E-state index in [-0.39, 0.29) is 5.91 Å². The maximum atomic E-state index is 12.9. The standard InChI is InChI=1S/C18H19NO3S/c1-13-11-17(14(2)22-13)18(20)19(12-15-5-3-9-21-15)8-7-16-6-4-10-23-16/h3-6,9-11H,7-8,12H2,1-2H3. The van der Waals surface area contributed by atoms with Crippen molar-refractivity contribution in [1.82, 2.24) is 4.90 Å². The maximum absolute atomic E-state index is 12.9. The second-order valence-corrected chi connectivity index (χ2v) is 6.49. The quantitative estimate of drug-likeness (QED) is 0.672. The van der Waals surface area contributed by atoms with Gasteiger partial charge in [-0.1, -0.05) is 6.07 Å². The van der Waals surface area contributed by atoms with Gasteiger partial charge in [0.1, 0.15) is 17.3 Å². The van der Waals surface area contributed by atoms with E-state index in [2.05, 4.69) is 11.4 Å². The molecule has 23 heavy (non-hydrogen) atoms. The topological polar surface area (TPSA) is 46.6 Å². The van der Waals surface area contributed by atoms with Crippen molar-refractivity contribution in [3.63, 3.8) is 0 Å². The Hall–Kier alpha value is -2.27. The lowest BCUT2D eigenvalue weighted by atomic mass is 10.2. The number of rotatable bonds is 6. The minimum Gasteiger partial charge on any atom is -0.467 e. The number of nitrogens with zero attached hydrogens (tertiary/aromatic N) is 1. The molecule has 0 radical (unpaired) electrons. The molecule has 0 aliphatic heterocycles. The van der Waals surface area contributed by atoms with Crippen molar-refractivity contribution in [1.29, 1.82) is 0 Å². The Labute approximate surface area is 139 Å². The predicted molar refractivity (Wildman–Crippen MR) is 89.7 cm³/mol. The Morgan fingerprint density at radius 2 is 2.13 bits per heavy atom. The highest BCUT2D eigenvalue weighted by Crippen LogP contribution is 2.19. The first kappa shape index (κ1) is 15.6. The summed E-state index contributed by atoms with van der Waals surface area (Å²) in [5.74, 6) is 2.17. The van der Waals surface area contributed by atoms with Crippen molar-refractivity contribution >= 4 is 17.2 Å². The number of hydrogen-bond acceptors (Lipinski definition) is 4. The van der Waals surface area contributed by atoms with Crippen LogP contribution in [-0.2, 0) is 13.0 Å². The van der Waals surface area contributed by atoms with Crippen LogP contribution < -0.4 is 0 Å². The minimum absolute atomic E-state index is 0.0210. The van der Waals surface area contributed by atoms with E-state index in [9.17, 15) is 4.79 Å². The molecule has 0 unspecified atom stereocenters. The molecule has 120 valence electrons. The lowest BCUT2D eigenvalue weighted by Crippen LogP contribution is -2.32. The Morgan fingerprint density at radius 3 is 2.74 bits per heavy atom. The minimum atomic E-state index is -0.0210. The normalized spacial score (nSPS) is 10.9. The number of hydrogen-bond donors (Lipinski definition) is 0. The van der Waals surface area contributed by atoms with Crippen LogP contribution in [0, 0.1) is 13.8 Å². The number of furan rings is 2. The van der Waals surface area contributed by atoms with Gasteiger partial charge in [-0.25, -0.2) is 0 Å². The number of aryl methyl sites for hydroxylation is 2. The van der Waals surface area contributed by atoms with Crippen LogP contribution in [0.5, 0.6) is 0 Å². The predicted octanol–water partition coefficient (Wildman–Crippen LogP) is 4.44. The lowest BCUT2D eigenvalue weighted by Gasteiger charge is -2.21. The molecule has 0 aliphatic carbocycles. The summed E-state index contributed by atoms with van der Waals surface area (Å²) in [5.41, 5.74) is 0.625. The summed E-state index contributed by atoms with van der Waals surface area (Å²) >= 11 is 1.71. The molecule has 0 N–H and O–H groups in total. The summed E-state index contributed by atoms with van der Waals surface area (Å²) in [6, 6.07) is 9.65. The highest BCUT2D eigenvalue weighted by Gasteiger charge is 2.21. The number of carbonyl (C=O) groups excluding carboxylic acids is 1. The van der Waals surface area contributed by atoms with E-state index in [1.54, 1.807) is 23.7 Å². The molecule has 0 aromatic carbocycles. The summed E-state index contributed by atoms with van der Waals surface area (Å²) in [6.45, 7) is 4.78. The molecule has 0 saturated carbocycles. The van der Waals surface area contributed by atoms with Crippen LogP contribution in [0.2, 0.25) is 0 Å². The Balaban J connectivity index is 1.78. The zero-order chi connectivity index (χ0) is 16.2. The number of amides is 1. The highest BCUT2D eigenvalue weighted by atomic mass is 32.1. The van der Waals surface area contributed by atoms with Crippen LogP contribution in [0.4, 0.5) is 0 Å². The van der Waals surface area contributed by atoms with Gasteiger partial charge in [0.15, 0.2) is 0 Å².